The van der Waals surface area contributed by atoms with E-state index in [1.165, 1.54) is 18.3 Å². The Balaban J connectivity index is 1.99. The molecule has 0 atom stereocenters. The van der Waals surface area contributed by atoms with Crippen molar-refractivity contribution >= 4 is 35.2 Å². The Kier molecular flexibility index (Phi) is 5.05. The molecule has 0 bridgehead atoms. The number of aromatic carboxylic acids is 1. The lowest BCUT2D eigenvalue weighted by Gasteiger charge is -2.06. The van der Waals surface area contributed by atoms with Crippen molar-refractivity contribution < 1.29 is 15.0 Å². The summed E-state index contributed by atoms with van der Waals surface area (Å²) < 4.78 is 0. The molecule has 2 aromatic carbocycles. The number of hydrogen-bond donors (Lipinski definition) is 4. The molecule has 0 spiro atoms. The van der Waals surface area contributed by atoms with E-state index in [9.17, 15) is 9.90 Å². The van der Waals surface area contributed by atoms with Crippen LogP contribution < -0.4 is 10.7 Å². The Hall–Kier alpha value is -2.93. The standard InChI is InChI=1S/C15H13N3O3S/c19-13-10(5-4-8-12(13)14(20)21)9-16-18-15(22)17-11-6-2-1-3-7-11/h1-9,19H,(H,20,21)(H2,17,18,22)/b16-9-. The number of hydrazone groups is 1. The fourth-order valence-electron chi connectivity index (χ4n) is 1.68. The summed E-state index contributed by atoms with van der Waals surface area (Å²) in [5, 5.41) is 25.8. The number of anilines is 1. The highest BCUT2D eigenvalue weighted by Crippen LogP contribution is 2.20. The number of thiocarbonyl (C=S) groups is 1. The van der Waals surface area contributed by atoms with Gasteiger partial charge in [0.2, 0.25) is 0 Å². The van der Waals surface area contributed by atoms with Gasteiger partial charge in [-0.2, -0.15) is 5.10 Å². The molecule has 2 rings (SSSR count). The lowest BCUT2D eigenvalue weighted by atomic mass is 10.1. The van der Waals surface area contributed by atoms with Crippen molar-refractivity contribution in [1.29, 1.82) is 0 Å². The third-order valence-corrected chi connectivity index (χ3v) is 2.89. The maximum atomic E-state index is 10.9. The second-order valence-electron chi connectivity index (χ2n) is 4.24. The number of para-hydroxylation sites is 2. The van der Waals surface area contributed by atoms with Crippen LogP contribution in [0.2, 0.25) is 0 Å². The first kappa shape index (κ1) is 15.5. The third kappa shape index (κ3) is 4.03. The van der Waals surface area contributed by atoms with E-state index in [0.717, 1.165) is 5.69 Å². The van der Waals surface area contributed by atoms with Gasteiger partial charge < -0.3 is 15.5 Å². The number of nitrogens with one attached hydrogen (secondary N) is 2. The lowest BCUT2D eigenvalue weighted by molar-refractivity contribution is 0.0693. The molecule has 0 unspecified atom stereocenters. The average molecular weight is 315 g/mol. The monoisotopic (exact) mass is 315 g/mol. The van der Waals surface area contributed by atoms with E-state index in [1.807, 2.05) is 30.3 Å². The molecule has 112 valence electrons. The van der Waals surface area contributed by atoms with Crippen LogP contribution in [0, 0.1) is 0 Å². The van der Waals surface area contributed by atoms with Crippen molar-refractivity contribution in [2.75, 3.05) is 5.32 Å². The molecule has 0 fully saturated rings. The summed E-state index contributed by atoms with van der Waals surface area (Å²) in [5.41, 5.74) is 3.48. The van der Waals surface area contributed by atoms with Crippen LogP contribution in [0.5, 0.6) is 5.75 Å². The van der Waals surface area contributed by atoms with Gasteiger partial charge in [-0.15, -0.1) is 0 Å². The normalized spacial score (nSPS) is 10.4. The largest absolute Gasteiger partial charge is 0.506 e. The van der Waals surface area contributed by atoms with Gasteiger partial charge in [-0.05, 0) is 36.5 Å². The molecule has 0 aliphatic rings. The Morgan fingerprint density at radius 2 is 1.86 bits per heavy atom. The van der Waals surface area contributed by atoms with Gasteiger partial charge in [-0.1, -0.05) is 24.3 Å². The summed E-state index contributed by atoms with van der Waals surface area (Å²) in [7, 11) is 0. The number of hydrogen-bond acceptors (Lipinski definition) is 4. The SMILES string of the molecule is O=C(O)c1cccc(/C=N\NC(=S)Nc2ccccc2)c1O. The van der Waals surface area contributed by atoms with Gasteiger partial charge in [0.15, 0.2) is 5.11 Å². The van der Waals surface area contributed by atoms with E-state index in [0.29, 0.717) is 0 Å². The van der Waals surface area contributed by atoms with Crippen LogP contribution in [0.3, 0.4) is 0 Å². The molecule has 0 amide bonds. The van der Waals surface area contributed by atoms with Gasteiger partial charge in [0, 0.05) is 11.3 Å². The molecular weight excluding hydrogens is 302 g/mol. The fraction of sp³-hybridized carbons (Fsp3) is 0. The second kappa shape index (κ2) is 7.19. The van der Waals surface area contributed by atoms with E-state index in [4.69, 9.17) is 17.3 Å². The minimum Gasteiger partial charge on any atom is -0.506 e. The van der Waals surface area contributed by atoms with Crippen LogP contribution in [0.15, 0.2) is 53.6 Å². The summed E-state index contributed by atoms with van der Waals surface area (Å²) in [4.78, 5) is 10.9. The summed E-state index contributed by atoms with van der Waals surface area (Å²) in [6.45, 7) is 0. The predicted octanol–water partition coefficient (Wildman–Crippen LogP) is 2.41. The van der Waals surface area contributed by atoms with Crippen molar-refractivity contribution in [2.24, 2.45) is 5.10 Å². The molecule has 0 heterocycles. The minimum absolute atomic E-state index is 0.186. The van der Waals surface area contributed by atoms with E-state index in [2.05, 4.69) is 15.8 Å². The molecule has 22 heavy (non-hydrogen) atoms. The summed E-state index contributed by atoms with van der Waals surface area (Å²) in [6, 6.07) is 13.7. The van der Waals surface area contributed by atoms with Crippen LogP contribution in [-0.4, -0.2) is 27.5 Å². The van der Waals surface area contributed by atoms with Gasteiger partial charge in [0.05, 0.1) is 6.21 Å². The highest BCUT2D eigenvalue weighted by Gasteiger charge is 2.11. The van der Waals surface area contributed by atoms with Crippen LogP contribution >= 0.6 is 12.2 Å². The van der Waals surface area contributed by atoms with Crippen molar-refractivity contribution in [3.63, 3.8) is 0 Å². The summed E-state index contributed by atoms with van der Waals surface area (Å²) in [6.07, 6.45) is 1.29. The van der Waals surface area contributed by atoms with Gasteiger partial charge in [0.25, 0.3) is 0 Å². The summed E-state index contributed by atoms with van der Waals surface area (Å²) in [5.74, 6) is -1.55. The van der Waals surface area contributed by atoms with E-state index in [1.54, 1.807) is 6.07 Å². The number of carboxylic acid groups (broad SMARTS) is 1. The molecule has 6 nitrogen and oxygen atoms in total. The fourth-order valence-corrected chi connectivity index (χ4v) is 1.85. The molecule has 0 aliphatic carbocycles. The van der Waals surface area contributed by atoms with Crippen LogP contribution in [-0.2, 0) is 0 Å². The minimum atomic E-state index is -1.21. The zero-order valence-electron chi connectivity index (χ0n) is 11.4. The van der Waals surface area contributed by atoms with Crippen molar-refractivity contribution in [2.45, 2.75) is 0 Å². The molecular formula is C15H13N3O3S. The first-order chi connectivity index (χ1) is 10.6. The lowest BCUT2D eigenvalue weighted by Crippen LogP contribution is -2.23. The van der Waals surface area contributed by atoms with Gasteiger partial charge >= 0.3 is 5.97 Å². The van der Waals surface area contributed by atoms with Gasteiger partial charge in [0.1, 0.15) is 11.3 Å². The van der Waals surface area contributed by atoms with Gasteiger partial charge in [-0.3, -0.25) is 5.43 Å². The van der Waals surface area contributed by atoms with Crippen LogP contribution in [0.25, 0.3) is 0 Å². The number of carboxylic acids is 1. The maximum Gasteiger partial charge on any atom is 0.339 e. The quantitative estimate of drug-likeness (QED) is 0.393. The number of phenols is 1. The van der Waals surface area contributed by atoms with E-state index >= 15 is 0 Å². The van der Waals surface area contributed by atoms with Crippen molar-refractivity contribution in [3.05, 3.63) is 59.7 Å². The first-order valence-electron chi connectivity index (χ1n) is 6.28. The third-order valence-electron chi connectivity index (χ3n) is 2.70. The number of rotatable bonds is 4. The zero-order valence-corrected chi connectivity index (χ0v) is 12.2. The Morgan fingerprint density at radius 1 is 1.14 bits per heavy atom. The Labute approximate surface area is 132 Å². The number of carbonyl (C=O) groups is 1. The summed E-state index contributed by atoms with van der Waals surface area (Å²) >= 11 is 5.06. The van der Waals surface area contributed by atoms with E-state index in [-0.39, 0.29) is 22.0 Å². The number of benzene rings is 2. The zero-order chi connectivity index (χ0) is 15.9. The Bertz CT molecular complexity index is 717. The van der Waals surface area contributed by atoms with Gasteiger partial charge in [-0.25, -0.2) is 4.79 Å². The van der Waals surface area contributed by atoms with Crippen molar-refractivity contribution in [3.8, 4) is 5.75 Å². The highest BCUT2D eigenvalue weighted by molar-refractivity contribution is 7.80. The average Bonchev–Trinajstić information content (AvgIpc) is 2.49. The van der Waals surface area contributed by atoms with E-state index < -0.39 is 5.97 Å². The molecule has 0 saturated carbocycles. The molecule has 2 aromatic rings. The smallest absolute Gasteiger partial charge is 0.339 e. The first-order valence-corrected chi connectivity index (χ1v) is 6.69. The molecule has 7 heteroatoms. The topological polar surface area (TPSA) is 94.0 Å². The van der Waals surface area contributed by atoms with Crippen LogP contribution in [0.1, 0.15) is 15.9 Å². The van der Waals surface area contributed by atoms with Crippen LogP contribution in [0.4, 0.5) is 5.69 Å². The number of aromatic hydroxyl groups is 1. The van der Waals surface area contributed by atoms with Crippen molar-refractivity contribution in [1.82, 2.24) is 5.43 Å². The molecule has 0 aliphatic heterocycles. The second-order valence-corrected chi connectivity index (χ2v) is 4.65. The molecule has 0 saturated heterocycles. The molecule has 0 aromatic heterocycles. The highest BCUT2D eigenvalue weighted by atomic mass is 32.1. The predicted molar refractivity (Wildman–Crippen MR) is 88.5 cm³/mol. The molecule has 0 radical (unpaired) electrons. The maximum absolute atomic E-state index is 10.9. The molecule has 4 N–H and O–H groups in total. The Morgan fingerprint density at radius 3 is 2.55 bits per heavy atom. The number of nitrogens with zero attached hydrogens (tertiary/aromatic N) is 1.